The number of benzene rings is 1. The van der Waals surface area contributed by atoms with Crippen molar-refractivity contribution in [2.75, 3.05) is 32.8 Å². The maximum atomic E-state index is 13.9. The Morgan fingerprint density at radius 2 is 2.07 bits per heavy atom. The molecular formula is C22H29FN4O2. The first-order chi connectivity index (χ1) is 14.2. The Labute approximate surface area is 171 Å². The number of H-pyrrole nitrogens is 1. The number of amides is 1. The molecule has 4 rings (SSSR count). The molecular weight excluding hydrogens is 371 g/mol. The van der Waals surface area contributed by atoms with Crippen LogP contribution in [0, 0.1) is 11.7 Å². The van der Waals surface area contributed by atoms with Crippen molar-refractivity contribution >= 4 is 5.91 Å². The van der Waals surface area contributed by atoms with E-state index in [9.17, 15) is 9.18 Å². The lowest BCUT2D eigenvalue weighted by Crippen LogP contribution is -2.43. The monoisotopic (exact) mass is 400 g/mol. The fourth-order valence-electron chi connectivity index (χ4n) is 4.31. The zero-order chi connectivity index (χ0) is 20.1. The third kappa shape index (κ3) is 5.22. The second kappa shape index (κ2) is 9.50. The number of ether oxygens (including phenoxy) is 1. The van der Waals surface area contributed by atoms with Crippen LogP contribution in [0.4, 0.5) is 4.39 Å². The van der Waals surface area contributed by atoms with Crippen molar-refractivity contribution in [3.8, 4) is 0 Å². The van der Waals surface area contributed by atoms with Gasteiger partial charge in [0.1, 0.15) is 5.82 Å². The maximum Gasteiger partial charge on any atom is 0.289 e. The van der Waals surface area contributed by atoms with Crippen LogP contribution in [-0.2, 0) is 11.3 Å². The average Bonchev–Trinajstić information content (AvgIpc) is 3.44. The summed E-state index contributed by atoms with van der Waals surface area (Å²) in [5.74, 6) is 0.632. The third-order valence-electron chi connectivity index (χ3n) is 5.97. The van der Waals surface area contributed by atoms with Crippen molar-refractivity contribution in [3.05, 3.63) is 53.9 Å². The summed E-state index contributed by atoms with van der Waals surface area (Å²) < 4.78 is 19.7. The van der Waals surface area contributed by atoms with Gasteiger partial charge in [-0.2, -0.15) is 0 Å². The highest BCUT2D eigenvalue weighted by Gasteiger charge is 2.28. The highest BCUT2D eigenvalue weighted by atomic mass is 19.1. The molecule has 0 aliphatic carbocycles. The molecule has 2 aliphatic rings. The van der Waals surface area contributed by atoms with E-state index < -0.39 is 0 Å². The van der Waals surface area contributed by atoms with Crippen LogP contribution in [-0.4, -0.2) is 64.6 Å². The number of carbonyl (C=O) groups is 1. The van der Waals surface area contributed by atoms with Gasteiger partial charge < -0.3 is 14.6 Å². The SMILES string of the molecule is O=C(c1ncc[nH]1)N(CC1CCN(Cc2ccccc2F)CC1)CC1CCCO1. The van der Waals surface area contributed by atoms with Gasteiger partial charge >= 0.3 is 0 Å². The van der Waals surface area contributed by atoms with Crippen LogP contribution in [0.2, 0.25) is 0 Å². The summed E-state index contributed by atoms with van der Waals surface area (Å²) in [6, 6.07) is 6.98. The van der Waals surface area contributed by atoms with Crippen LogP contribution in [0.5, 0.6) is 0 Å². The molecule has 2 aliphatic heterocycles. The molecule has 29 heavy (non-hydrogen) atoms. The highest BCUT2D eigenvalue weighted by molar-refractivity contribution is 5.90. The number of imidazole rings is 1. The van der Waals surface area contributed by atoms with Crippen molar-refractivity contribution < 1.29 is 13.9 Å². The van der Waals surface area contributed by atoms with Crippen LogP contribution < -0.4 is 0 Å². The smallest absolute Gasteiger partial charge is 0.289 e. The molecule has 1 amide bonds. The molecule has 2 saturated heterocycles. The number of aromatic nitrogens is 2. The van der Waals surface area contributed by atoms with Gasteiger partial charge in [-0.25, -0.2) is 9.37 Å². The molecule has 2 fully saturated rings. The molecule has 1 unspecified atom stereocenters. The number of piperidine rings is 1. The standard InChI is InChI=1S/C22H29FN4O2/c23-20-6-2-1-4-18(20)15-26-11-7-17(8-12-26)14-27(16-19-5-3-13-29-19)22(28)21-24-9-10-25-21/h1-2,4,6,9-10,17,19H,3,5,7-8,11-16H2,(H,24,25). The molecule has 0 saturated carbocycles. The number of hydrogen-bond acceptors (Lipinski definition) is 4. The lowest BCUT2D eigenvalue weighted by Gasteiger charge is -2.35. The minimum atomic E-state index is -0.138. The Morgan fingerprint density at radius 1 is 1.24 bits per heavy atom. The lowest BCUT2D eigenvalue weighted by molar-refractivity contribution is 0.0436. The molecule has 1 aromatic carbocycles. The van der Waals surface area contributed by atoms with E-state index >= 15 is 0 Å². The Balaban J connectivity index is 1.33. The summed E-state index contributed by atoms with van der Waals surface area (Å²) >= 11 is 0. The number of carbonyl (C=O) groups excluding carboxylic acids is 1. The first kappa shape index (κ1) is 20.0. The fraction of sp³-hybridized carbons (Fsp3) is 0.545. The van der Waals surface area contributed by atoms with E-state index in [0.717, 1.165) is 50.9 Å². The van der Waals surface area contributed by atoms with E-state index in [1.807, 2.05) is 17.0 Å². The van der Waals surface area contributed by atoms with Crippen LogP contribution in [0.1, 0.15) is 41.9 Å². The Kier molecular flexibility index (Phi) is 6.56. The van der Waals surface area contributed by atoms with Gasteiger partial charge in [0, 0.05) is 44.2 Å². The Hall–Kier alpha value is -2.25. The van der Waals surface area contributed by atoms with Gasteiger partial charge in [0.15, 0.2) is 5.82 Å². The van der Waals surface area contributed by atoms with Gasteiger partial charge in [-0.1, -0.05) is 18.2 Å². The van der Waals surface area contributed by atoms with Crippen molar-refractivity contribution in [2.45, 2.75) is 38.3 Å². The van der Waals surface area contributed by atoms with Crippen LogP contribution in [0.25, 0.3) is 0 Å². The van der Waals surface area contributed by atoms with E-state index in [0.29, 0.717) is 31.4 Å². The third-order valence-corrected chi connectivity index (χ3v) is 5.97. The van der Waals surface area contributed by atoms with Crippen molar-refractivity contribution in [2.24, 2.45) is 5.92 Å². The first-order valence-electron chi connectivity index (χ1n) is 10.5. The van der Waals surface area contributed by atoms with E-state index in [-0.39, 0.29) is 17.8 Å². The van der Waals surface area contributed by atoms with Crippen molar-refractivity contribution in [3.63, 3.8) is 0 Å². The quantitative estimate of drug-likeness (QED) is 0.776. The topological polar surface area (TPSA) is 61.5 Å². The fourth-order valence-corrected chi connectivity index (χ4v) is 4.31. The zero-order valence-corrected chi connectivity index (χ0v) is 16.7. The summed E-state index contributed by atoms with van der Waals surface area (Å²) in [5, 5.41) is 0. The highest BCUT2D eigenvalue weighted by Crippen LogP contribution is 2.23. The number of aromatic amines is 1. The largest absolute Gasteiger partial charge is 0.376 e. The summed E-state index contributed by atoms with van der Waals surface area (Å²) in [4.78, 5) is 24.2. The van der Waals surface area contributed by atoms with E-state index in [1.165, 1.54) is 6.07 Å². The zero-order valence-electron chi connectivity index (χ0n) is 16.7. The van der Waals surface area contributed by atoms with Crippen LogP contribution >= 0.6 is 0 Å². The number of halogens is 1. The van der Waals surface area contributed by atoms with Gasteiger partial charge in [0.05, 0.1) is 6.10 Å². The molecule has 6 nitrogen and oxygen atoms in total. The predicted octanol–water partition coefficient (Wildman–Crippen LogP) is 3.08. The molecule has 3 heterocycles. The summed E-state index contributed by atoms with van der Waals surface area (Å²) in [6.07, 6.45) is 7.47. The number of nitrogens with zero attached hydrogens (tertiary/aromatic N) is 3. The summed E-state index contributed by atoms with van der Waals surface area (Å²) in [6.45, 7) is 4.59. The Bertz CT molecular complexity index is 784. The lowest BCUT2D eigenvalue weighted by atomic mass is 9.95. The minimum absolute atomic E-state index is 0.0562. The van der Waals surface area contributed by atoms with Crippen LogP contribution in [0.15, 0.2) is 36.7 Å². The normalized spacial score (nSPS) is 20.8. The Morgan fingerprint density at radius 3 is 2.76 bits per heavy atom. The van der Waals surface area contributed by atoms with Crippen molar-refractivity contribution in [1.82, 2.24) is 19.8 Å². The summed E-state index contributed by atoms with van der Waals surface area (Å²) in [5.41, 5.74) is 0.749. The van der Waals surface area contributed by atoms with Crippen LogP contribution in [0.3, 0.4) is 0 Å². The maximum absolute atomic E-state index is 13.9. The summed E-state index contributed by atoms with van der Waals surface area (Å²) in [7, 11) is 0. The second-order valence-corrected chi connectivity index (χ2v) is 8.09. The van der Waals surface area contributed by atoms with Gasteiger partial charge in [-0.05, 0) is 50.8 Å². The molecule has 1 N–H and O–H groups in total. The second-order valence-electron chi connectivity index (χ2n) is 8.09. The number of rotatable bonds is 7. The van der Waals surface area contributed by atoms with Crippen molar-refractivity contribution in [1.29, 1.82) is 0 Å². The van der Waals surface area contributed by atoms with Gasteiger partial charge in [0.25, 0.3) is 5.91 Å². The van der Waals surface area contributed by atoms with Gasteiger partial charge in [0.2, 0.25) is 0 Å². The number of likely N-dealkylation sites (tertiary alicyclic amines) is 1. The predicted molar refractivity (Wildman–Crippen MR) is 108 cm³/mol. The number of nitrogens with one attached hydrogen (secondary N) is 1. The minimum Gasteiger partial charge on any atom is -0.376 e. The molecule has 156 valence electrons. The van der Waals surface area contributed by atoms with E-state index in [2.05, 4.69) is 14.9 Å². The molecule has 1 aromatic heterocycles. The molecule has 0 bridgehead atoms. The molecule has 0 spiro atoms. The van der Waals surface area contributed by atoms with E-state index in [1.54, 1.807) is 18.5 Å². The number of hydrogen-bond donors (Lipinski definition) is 1. The van der Waals surface area contributed by atoms with Gasteiger partial charge in [-0.15, -0.1) is 0 Å². The molecule has 0 radical (unpaired) electrons. The average molecular weight is 400 g/mol. The van der Waals surface area contributed by atoms with E-state index in [4.69, 9.17) is 4.74 Å². The molecule has 2 aromatic rings. The molecule has 1 atom stereocenters. The molecule has 7 heteroatoms. The van der Waals surface area contributed by atoms with Gasteiger partial charge in [-0.3, -0.25) is 9.69 Å². The first-order valence-corrected chi connectivity index (χ1v) is 10.5.